The Morgan fingerprint density at radius 2 is 1.81 bits per heavy atom. The zero-order valence-corrected chi connectivity index (χ0v) is 11.3. The first-order valence-corrected chi connectivity index (χ1v) is 7.10. The Hall–Kier alpha value is -0.470. The Morgan fingerprint density at radius 1 is 1.19 bits per heavy atom. The van der Waals surface area contributed by atoms with Crippen LogP contribution in [0.4, 0.5) is 0 Å². The number of aliphatic hydroxyl groups excluding tert-OH is 1. The molecule has 0 saturated carbocycles. The van der Waals surface area contributed by atoms with Crippen LogP contribution in [0.3, 0.4) is 0 Å². The zero-order chi connectivity index (χ0) is 12.0. The fourth-order valence-electron chi connectivity index (χ4n) is 1.44. The highest BCUT2D eigenvalue weighted by atomic mass is 32.2. The first-order valence-electron chi connectivity index (χ1n) is 6.05. The van der Waals surface area contributed by atoms with E-state index in [4.69, 9.17) is 0 Å². The highest BCUT2D eigenvalue weighted by molar-refractivity contribution is 7.99. The van der Waals surface area contributed by atoms with E-state index in [9.17, 15) is 5.11 Å². The normalized spacial score (nSPS) is 14.8. The standard InChI is InChI=1S/C14H22OS/c1-4-11(3)16-10-14(15)13-8-6-12(5-2)7-9-13/h6-9,11,14-15H,4-5,10H2,1-3H3. The maximum Gasteiger partial charge on any atom is 0.0880 e. The Kier molecular flexibility index (Phi) is 5.93. The minimum atomic E-state index is -0.329. The molecule has 1 nitrogen and oxygen atoms in total. The van der Waals surface area contributed by atoms with Crippen molar-refractivity contribution in [2.45, 2.75) is 45.0 Å². The minimum Gasteiger partial charge on any atom is -0.388 e. The van der Waals surface area contributed by atoms with Crippen LogP contribution in [0.5, 0.6) is 0 Å². The van der Waals surface area contributed by atoms with Crippen LogP contribution >= 0.6 is 11.8 Å². The molecule has 0 heterocycles. The van der Waals surface area contributed by atoms with E-state index in [1.165, 1.54) is 5.56 Å². The molecule has 16 heavy (non-hydrogen) atoms. The third kappa shape index (κ3) is 4.18. The zero-order valence-electron chi connectivity index (χ0n) is 10.4. The number of aliphatic hydroxyl groups is 1. The second kappa shape index (κ2) is 6.97. The Labute approximate surface area is 103 Å². The molecule has 2 atom stereocenters. The van der Waals surface area contributed by atoms with Gasteiger partial charge in [-0.05, 0) is 24.0 Å². The van der Waals surface area contributed by atoms with Gasteiger partial charge in [-0.1, -0.05) is 45.0 Å². The lowest BCUT2D eigenvalue weighted by Crippen LogP contribution is -2.04. The van der Waals surface area contributed by atoms with Crippen LogP contribution in [0.2, 0.25) is 0 Å². The molecule has 0 saturated heterocycles. The van der Waals surface area contributed by atoms with Crippen molar-refractivity contribution in [2.24, 2.45) is 0 Å². The molecule has 0 radical (unpaired) electrons. The summed E-state index contributed by atoms with van der Waals surface area (Å²) in [6.07, 6.45) is 1.88. The van der Waals surface area contributed by atoms with Gasteiger partial charge in [0.15, 0.2) is 0 Å². The van der Waals surface area contributed by atoms with Crippen molar-refractivity contribution in [2.75, 3.05) is 5.75 Å². The average molecular weight is 238 g/mol. The minimum absolute atomic E-state index is 0.329. The molecule has 2 unspecified atom stereocenters. The summed E-state index contributed by atoms with van der Waals surface area (Å²) in [5, 5.41) is 10.6. The van der Waals surface area contributed by atoms with Gasteiger partial charge in [-0.3, -0.25) is 0 Å². The topological polar surface area (TPSA) is 20.2 Å². The van der Waals surface area contributed by atoms with Crippen molar-refractivity contribution in [3.05, 3.63) is 35.4 Å². The van der Waals surface area contributed by atoms with E-state index in [2.05, 4.69) is 32.9 Å². The van der Waals surface area contributed by atoms with Gasteiger partial charge in [-0.2, -0.15) is 11.8 Å². The van der Waals surface area contributed by atoms with Crippen LogP contribution in [-0.4, -0.2) is 16.1 Å². The van der Waals surface area contributed by atoms with Gasteiger partial charge in [0.25, 0.3) is 0 Å². The molecular weight excluding hydrogens is 216 g/mol. The second-order valence-electron chi connectivity index (χ2n) is 4.16. The molecule has 0 aliphatic rings. The summed E-state index contributed by atoms with van der Waals surface area (Å²) in [4.78, 5) is 0. The van der Waals surface area contributed by atoms with Crippen molar-refractivity contribution in [3.8, 4) is 0 Å². The molecule has 0 aliphatic carbocycles. The largest absolute Gasteiger partial charge is 0.388 e. The summed E-state index contributed by atoms with van der Waals surface area (Å²) in [6.45, 7) is 6.53. The van der Waals surface area contributed by atoms with E-state index in [1.54, 1.807) is 0 Å². The van der Waals surface area contributed by atoms with E-state index in [0.29, 0.717) is 5.25 Å². The lowest BCUT2D eigenvalue weighted by atomic mass is 10.1. The van der Waals surface area contributed by atoms with Crippen LogP contribution in [0.25, 0.3) is 0 Å². The molecule has 90 valence electrons. The van der Waals surface area contributed by atoms with E-state index >= 15 is 0 Å². The van der Waals surface area contributed by atoms with Crippen molar-refractivity contribution in [1.29, 1.82) is 0 Å². The van der Waals surface area contributed by atoms with Gasteiger partial charge in [0.1, 0.15) is 0 Å². The van der Waals surface area contributed by atoms with Crippen molar-refractivity contribution in [3.63, 3.8) is 0 Å². The molecule has 1 N–H and O–H groups in total. The highest BCUT2D eigenvalue weighted by Crippen LogP contribution is 2.22. The molecular formula is C14H22OS. The van der Waals surface area contributed by atoms with E-state index in [-0.39, 0.29) is 6.10 Å². The van der Waals surface area contributed by atoms with Crippen LogP contribution in [0.15, 0.2) is 24.3 Å². The molecule has 2 heteroatoms. The molecule has 1 aromatic rings. The average Bonchev–Trinajstić information content (AvgIpc) is 2.35. The van der Waals surface area contributed by atoms with Gasteiger partial charge in [0, 0.05) is 11.0 Å². The Morgan fingerprint density at radius 3 is 2.31 bits per heavy atom. The quantitative estimate of drug-likeness (QED) is 0.813. The number of hydrogen-bond donors (Lipinski definition) is 1. The van der Waals surface area contributed by atoms with Gasteiger partial charge in [-0.15, -0.1) is 0 Å². The monoisotopic (exact) mass is 238 g/mol. The van der Waals surface area contributed by atoms with E-state index in [1.807, 2.05) is 23.9 Å². The van der Waals surface area contributed by atoms with Crippen LogP contribution < -0.4 is 0 Å². The molecule has 0 spiro atoms. The van der Waals surface area contributed by atoms with Crippen molar-refractivity contribution < 1.29 is 5.11 Å². The molecule has 0 bridgehead atoms. The summed E-state index contributed by atoms with van der Waals surface area (Å²) >= 11 is 1.84. The maximum atomic E-state index is 10.0. The van der Waals surface area contributed by atoms with Crippen LogP contribution in [-0.2, 0) is 6.42 Å². The smallest absolute Gasteiger partial charge is 0.0880 e. The third-order valence-corrected chi connectivity index (χ3v) is 4.30. The summed E-state index contributed by atoms with van der Waals surface area (Å²) in [5.74, 6) is 0.792. The van der Waals surface area contributed by atoms with Crippen molar-refractivity contribution >= 4 is 11.8 Å². The van der Waals surface area contributed by atoms with E-state index < -0.39 is 0 Å². The van der Waals surface area contributed by atoms with Crippen LogP contribution in [0, 0.1) is 0 Å². The summed E-state index contributed by atoms with van der Waals surface area (Å²) < 4.78 is 0. The SMILES string of the molecule is CCc1ccc(C(O)CSC(C)CC)cc1. The summed E-state index contributed by atoms with van der Waals surface area (Å²) in [6, 6.07) is 8.29. The van der Waals surface area contributed by atoms with E-state index in [0.717, 1.165) is 24.2 Å². The molecule has 1 rings (SSSR count). The predicted octanol–water partition coefficient (Wildman–Crippen LogP) is 3.81. The lowest BCUT2D eigenvalue weighted by Gasteiger charge is -2.14. The predicted molar refractivity (Wildman–Crippen MR) is 73.0 cm³/mol. The fraction of sp³-hybridized carbons (Fsp3) is 0.571. The summed E-state index contributed by atoms with van der Waals surface area (Å²) in [5.41, 5.74) is 2.36. The molecule has 0 aromatic heterocycles. The number of hydrogen-bond acceptors (Lipinski definition) is 2. The van der Waals surface area contributed by atoms with Gasteiger partial charge in [0.05, 0.1) is 6.10 Å². The molecule has 0 fully saturated rings. The fourth-order valence-corrected chi connectivity index (χ4v) is 2.38. The lowest BCUT2D eigenvalue weighted by molar-refractivity contribution is 0.204. The molecule has 0 amide bonds. The summed E-state index contributed by atoms with van der Waals surface area (Å²) in [7, 11) is 0. The number of rotatable bonds is 6. The number of benzene rings is 1. The van der Waals surface area contributed by atoms with Crippen molar-refractivity contribution in [1.82, 2.24) is 0 Å². The maximum absolute atomic E-state index is 10.0. The highest BCUT2D eigenvalue weighted by Gasteiger charge is 2.09. The van der Waals surface area contributed by atoms with Gasteiger partial charge in [-0.25, -0.2) is 0 Å². The second-order valence-corrected chi connectivity index (χ2v) is 5.63. The Bertz CT molecular complexity index is 294. The van der Waals surface area contributed by atoms with Gasteiger partial charge in [0.2, 0.25) is 0 Å². The van der Waals surface area contributed by atoms with Crippen LogP contribution in [0.1, 0.15) is 44.4 Å². The number of thioether (sulfide) groups is 1. The van der Waals surface area contributed by atoms with Gasteiger partial charge < -0.3 is 5.11 Å². The van der Waals surface area contributed by atoms with Gasteiger partial charge >= 0.3 is 0 Å². The first kappa shape index (κ1) is 13.6. The molecule has 1 aromatic carbocycles. The Balaban J connectivity index is 2.49. The first-order chi connectivity index (χ1) is 7.67. The molecule has 0 aliphatic heterocycles. The third-order valence-electron chi connectivity index (χ3n) is 2.89. The number of aryl methyl sites for hydroxylation is 1.